The molecule has 0 heterocycles. The lowest BCUT2D eigenvalue weighted by Gasteiger charge is -2.26. The van der Waals surface area contributed by atoms with Crippen LogP contribution >= 0.6 is 0 Å². The highest BCUT2D eigenvalue weighted by molar-refractivity contribution is 5.79. The van der Waals surface area contributed by atoms with Crippen molar-refractivity contribution in [1.82, 2.24) is 10.6 Å². The highest BCUT2D eigenvalue weighted by Gasteiger charge is 2.24. The van der Waals surface area contributed by atoms with Crippen LogP contribution in [0.2, 0.25) is 0 Å². The number of carbonyl (C=O) groups excluding carboxylic acids is 2. The minimum atomic E-state index is -0.0346. The number of hydrogen-bond acceptors (Lipinski definition) is 3. The van der Waals surface area contributed by atoms with E-state index in [1.807, 2.05) is 25.1 Å². The molecule has 0 spiro atoms. The van der Waals surface area contributed by atoms with Gasteiger partial charge in [-0.15, -0.1) is 0 Å². The zero-order chi connectivity index (χ0) is 17.9. The molecule has 0 radical (unpaired) electrons. The Balaban J connectivity index is 1.78. The van der Waals surface area contributed by atoms with Gasteiger partial charge in [-0.2, -0.15) is 0 Å². The normalized spacial score (nSPS) is 17.6. The van der Waals surface area contributed by atoms with E-state index >= 15 is 0 Å². The van der Waals surface area contributed by atoms with Gasteiger partial charge >= 0.3 is 0 Å². The van der Waals surface area contributed by atoms with Crippen LogP contribution in [-0.4, -0.2) is 31.3 Å². The first kappa shape index (κ1) is 19.6. The van der Waals surface area contributed by atoms with Crippen LogP contribution in [0.15, 0.2) is 30.3 Å². The maximum absolute atomic E-state index is 12.5. The van der Waals surface area contributed by atoms with Gasteiger partial charge in [0.05, 0.1) is 0 Å². The third-order valence-electron chi connectivity index (χ3n) is 5.03. The topological polar surface area (TPSA) is 58.2 Å². The van der Waals surface area contributed by atoms with Gasteiger partial charge in [-0.25, -0.2) is 0 Å². The van der Waals surface area contributed by atoms with Gasteiger partial charge in [0.2, 0.25) is 5.91 Å². The standard InChI is InChI=1S/C21H32N2O2/c1-17(16-24)14-20(23-21(25)19-10-6-3-7-11-19)15-22-13-12-18-8-4-2-5-9-18/h2,4-5,8-9,16-17,19-20,22H,3,6-7,10-15H2,1H3,(H,23,25). The van der Waals surface area contributed by atoms with Gasteiger partial charge < -0.3 is 15.4 Å². The van der Waals surface area contributed by atoms with Crippen molar-refractivity contribution in [2.75, 3.05) is 13.1 Å². The summed E-state index contributed by atoms with van der Waals surface area (Å²) in [6.45, 7) is 3.50. The van der Waals surface area contributed by atoms with Crippen molar-refractivity contribution in [3.8, 4) is 0 Å². The average molecular weight is 344 g/mol. The molecule has 1 amide bonds. The summed E-state index contributed by atoms with van der Waals surface area (Å²) in [5.41, 5.74) is 1.30. The number of aldehydes is 1. The first-order valence-corrected chi connectivity index (χ1v) is 9.69. The summed E-state index contributed by atoms with van der Waals surface area (Å²) in [5, 5.41) is 6.63. The second kappa shape index (κ2) is 11.0. The zero-order valence-electron chi connectivity index (χ0n) is 15.4. The molecule has 2 unspecified atom stereocenters. The van der Waals surface area contributed by atoms with Crippen molar-refractivity contribution in [3.05, 3.63) is 35.9 Å². The molecular formula is C21H32N2O2. The van der Waals surface area contributed by atoms with E-state index in [1.54, 1.807) is 0 Å². The monoisotopic (exact) mass is 344 g/mol. The number of nitrogens with one attached hydrogen (secondary N) is 2. The van der Waals surface area contributed by atoms with E-state index < -0.39 is 0 Å². The van der Waals surface area contributed by atoms with Crippen molar-refractivity contribution in [1.29, 1.82) is 0 Å². The third-order valence-corrected chi connectivity index (χ3v) is 5.03. The Kier molecular flexibility index (Phi) is 8.67. The molecule has 0 aliphatic heterocycles. The number of benzene rings is 1. The largest absolute Gasteiger partial charge is 0.352 e. The smallest absolute Gasteiger partial charge is 0.223 e. The van der Waals surface area contributed by atoms with Crippen LogP contribution < -0.4 is 10.6 Å². The van der Waals surface area contributed by atoms with E-state index in [9.17, 15) is 9.59 Å². The minimum Gasteiger partial charge on any atom is -0.352 e. The van der Waals surface area contributed by atoms with Gasteiger partial charge in [-0.1, -0.05) is 56.5 Å². The van der Waals surface area contributed by atoms with Gasteiger partial charge in [-0.3, -0.25) is 4.79 Å². The Morgan fingerprint density at radius 1 is 1.20 bits per heavy atom. The summed E-state index contributed by atoms with van der Waals surface area (Å²) < 4.78 is 0. The second-order valence-corrected chi connectivity index (χ2v) is 7.33. The first-order chi connectivity index (χ1) is 12.2. The van der Waals surface area contributed by atoms with Crippen molar-refractivity contribution in [2.45, 2.75) is 57.9 Å². The molecule has 1 aromatic rings. The number of rotatable bonds is 10. The van der Waals surface area contributed by atoms with Crippen LogP contribution in [-0.2, 0) is 16.0 Å². The maximum Gasteiger partial charge on any atom is 0.223 e. The Morgan fingerprint density at radius 3 is 2.60 bits per heavy atom. The molecule has 1 fully saturated rings. The molecule has 25 heavy (non-hydrogen) atoms. The lowest BCUT2D eigenvalue weighted by atomic mass is 9.88. The number of carbonyl (C=O) groups is 2. The molecular weight excluding hydrogens is 312 g/mol. The molecule has 4 nitrogen and oxygen atoms in total. The summed E-state index contributed by atoms with van der Waals surface area (Å²) in [4.78, 5) is 23.5. The van der Waals surface area contributed by atoms with E-state index in [0.717, 1.165) is 44.9 Å². The van der Waals surface area contributed by atoms with Crippen molar-refractivity contribution >= 4 is 12.2 Å². The highest BCUT2D eigenvalue weighted by Crippen LogP contribution is 2.23. The van der Waals surface area contributed by atoms with Crippen molar-refractivity contribution < 1.29 is 9.59 Å². The molecule has 2 atom stereocenters. The number of hydrogen-bond donors (Lipinski definition) is 2. The van der Waals surface area contributed by atoms with E-state index in [4.69, 9.17) is 0 Å². The third kappa shape index (κ3) is 7.39. The lowest BCUT2D eigenvalue weighted by molar-refractivity contribution is -0.127. The van der Waals surface area contributed by atoms with E-state index in [2.05, 4.69) is 22.8 Å². The molecule has 1 aromatic carbocycles. The maximum atomic E-state index is 12.5. The van der Waals surface area contributed by atoms with Gasteiger partial charge in [0, 0.05) is 24.4 Å². The fourth-order valence-corrected chi connectivity index (χ4v) is 3.54. The van der Waals surface area contributed by atoms with Crippen molar-refractivity contribution in [2.24, 2.45) is 11.8 Å². The first-order valence-electron chi connectivity index (χ1n) is 9.69. The molecule has 1 aliphatic rings. The Labute approximate surface area is 151 Å². The van der Waals surface area contributed by atoms with E-state index in [0.29, 0.717) is 13.0 Å². The molecule has 0 aromatic heterocycles. The predicted molar refractivity (Wildman–Crippen MR) is 101 cm³/mol. The Bertz CT molecular complexity index is 512. The van der Waals surface area contributed by atoms with Crippen LogP contribution in [0.1, 0.15) is 51.0 Å². The van der Waals surface area contributed by atoms with Crippen LogP contribution in [0.4, 0.5) is 0 Å². The van der Waals surface area contributed by atoms with E-state index in [1.165, 1.54) is 12.0 Å². The molecule has 1 aliphatic carbocycles. The summed E-state index contributed by atoms with van der Waals surface area (Å²) in [6.07, 6.45) is 8.20. The van der Waals surface area contributed by atoms with Crippen LogP contribution in [0.3, 0.4) is 0 Å². The summed E-state index contributed by atoms with van der Waals surface area (Å²) in [6, 6.07) is 10.4. The van der Waals surface area contributed by atoms with E-state index in [-0.39, 0.29) is 23.8 Å². The molecule has 1 saturated carbocycles. The molecule has 0 saturated heterocycles. The highest BCUT2D eigenvalue weighted by atomic mass is 16.2. The summed E-state index contributed by atoms with van der Waals surface area (Å²) in [7, 11) is 0. The molecule has 2 N–H and O–H groups in total. The van der Waals surface area contributed by atoms with Gasteiger partial charge in [-0.05, 0) is 37.8 Å². The van der Waals surface area contributed by atoms with Gasteiger partial charge in [0.1, 0.15) is 6.29 Å². The predicted octanol–water partition coefficient (Wildman–Crippen LogP) is 3.11. The summed E-state index contributed by atoms with van der Waals surface area (Å²) >= 11 is 0. The second-order valence-electron chi connectivity index (χ2n) is 7.33. The van der Waals surface area contributed by atoms with Gasteiger partial charge in [0.25, 0.3) is 0 Å². The number of amides is 1. The van der Waals surface area contributed by atoms with Crippen LogP contribution in [0.5, 0.6) is 0 Å². The fourth-order valence-electron chi connectivity index (χ4n) is 3.54. The average Bonchev–Trinajstić information content (AvgIpc) is 2.66. The SMILES string of the molecule is CC(C=O)CC(CNCCc1ccccc1)NC(=O)C1CCCCC1. The zero-order valence-corrected chi connectivity index (χ0v) is 15.4. The minimum absolute atomic E-state index is 0.0189. The van der Waals surface area contributed by atoms with Crippen molar-refractivity contribution in [3.63, 3.8) is 0 Å². The molecule has 2 rings (SSSR count). The van der Waals surface area contributed by atoms with Gasteiger partial charge in [0.15, 0.2) is 0 Å². The molecule has 138 valence electrons. The Morgan fingerprint density at radius 2 is 1.92 bits per heavy atom. The van der Waals surface area contributed by atoms with Crippen LogP contribution in [0.25, 0.3) is 0 Å². The van der Waals surface area contributed by atoms with Crippen LogP contribution in [0, 0.1) is 11.8 Å². The molecule has 0 bridgehead atoms. The Hall–Kier alpha value is -1.68. The summed E-state index contributed by atoms with van der Waals surface area (Å²) in [5.74, 6) is 0.298. The lowest BCUT2D eigenvalue weighted by Crippen LogP contribution is -2.46. The fraction of sp³-hybridized carbons (Fsp3) is 0.619. The quantitative estimate of drug-likeness (QED) is 0.506. The molecule has 4 heteroatoms.